The van der Waals surface area contributed by atoms with Crippen LogP contribution >= 0.6 is 0 Å². The third kappa shape index (κ3) is 9.78. The van der Waals surface area contributed by atoms with Crippen LogP contribution in [0, 0.1) is 17.2 Å². The van der Waals surface area contributed by atoms with E-state index < -0.39 is 5.97 Å². The van der Waals surface area contributed by atoms with Crippen LogP contribution in [0.15, 0.2) is 60.7 Å². The number of hydrogen-bond acceptors (Lipinski definition) is 4. The van der Waals surface area contributed by atoms with Gasteiger partial charge in [-0.3, -0.25) is 0 Å². The Kier molecular flexibility index (Phi) is 11.6. The molecule has 1 unspecified atom stereocenters. The lowest BCUT2D eigenvalue weighted by Crippen LogP contribution is -2.29. The Morgan fingerprint density at radius 3 is 2.35 bits per heavy atom. The van der Waals surface area contributed by atoms with Crippen LogP contribution in [0.1, 0.15) is 43.2 Å². The van der Waals surface area contributed by atoms with Gasteiger partial charge in [-0.05, 0) is 95.6 Å². The maximum atomic E-state index is 10.8. The number of aliphatic carboxylic acids is 1. The zero-order valence-corrected chi connectivity index (χ0v) is 19.5. The van der Waals surface area contributed by atoms with Gasteiger partial charge in [0.2, 0.25) is 0 Å². The molecule has 31 heavy (non-hydrogen) atoms. The smallest absolute Gasteiger partial charge is 0.335 e. The van der Waals surface area contributed by atoms with E-state index in [1.165, 1.54) is 37.6 Å². The molecule has 0 saturated carbocycles. The van der Waals surface area contributed by atoms with Crippen molar-refractivity contribution in [1.29, 1.82) is 5.26 Å². The molecule has 1 N–H and O–H groups in total. The summed E-state index contributed by atoms with van der Waals surface area (Å²) in [5, 5.41) is 17.6. The van der Waals surface area contributed by atoms with E-state index in [0.717, 1.165) is 24.1 Å². The molecule has 1 atom stereocenters. The summed E-state index contributed by atoms with van der Waals surface area (Å²) in [6.45, 7) is 12.7. The van der Waals surface area contributed by atoms with Crippen molar-refractivity contribution in [1.82, 2.24) is 9.80 Å². The van der Waals surface area contributed by atoms with E-state index in [0.29, 0.717) is 5.92 Å². The van der Waals surface area contributed by atoms with E-state index in [1.807, 2.05) is 33.2 Å². The molecule has 1 aliphatic rings. The Hall–Kier alpha value is -2.68. The fourth-order valence-electron chi connectivity index (χ4n) is 3.36. The summed E-state index contributed by atoms with van der Waals surface area (Å²) in [5.74, 6) is 0.00148. The molecule has 0 amide bonds. The second-order valence-corrected chi connectivity index (χ2v) is 8.49. The minimum absolute atomic E-state index is 0.196. The van der Waals surface area contributed by atoms with Crippen LogP contribution in [0.2, 0.25) is 0 Å². The molecule has 1 aromatic carbocycles. The number of likely N-dealkylation sites (tertiary alicyclic amines) is 1. The average Bonchev–Trinajstić information content (AvgIpc) is 2.76. The maximum Gasteiger partial charge on any atom is 0.335 e. The molecule has 168 valence electrons. The number of nitriles is 1. The molecule has 1 heterocycles. The van der Waals surface area contributed by atoms with Crippen LogP contribution in [0.25, 0.3) is 0 Å². The van der Waals surface area contributed by atoms with Gasteiger partial charge in [-0.1, -0.05) is 43.9 Å². The van der Waals surface area contributed by atoms with Gasteiger partial charge in [0.15, 0.2) is 0 Å². The van der Waals surface area contributed by atoms with Crippen LogP contribution in [-0.4, -0.2) is 61.7 Å². The highest BCUT2D eigenvalue weighted by molar-refractivity contribution is 5.90. The predicted octanol–water partition coefficient (Wildman–Crippen LogP) is 4.69. The standard InChI is InChI=1S/C13H16N2.C13H21NO2/c1-15-8-6-13(7-9-15)12-4-2-11(10-14)3-5-12;1-6-12(13(15)16)9-11(3)10(2)7-8-14(4)5/h2-5,13H,6-9H2,1H3;6,9-10H,1,3,7-8H2,2,4-5H3,(H,15,16)/b;12-9+. The summed E-state index contributed by atoms with van der Waals surface area (Å²) >= 11 is 0. The van der Waals surface area contributed by atoms with E-state index >= 15 is 0 Å². The fraction of sp³-hybridized carbons (Fsp3) is 0.462. The first-order chi connectivity index (χ1) is 14.7. The maximum absolute atomic E-state index is 10.8. The molecular weight excluding hydrogens is 386 g/mol. The Morgan fingerprint density at radius 1 is 1.32 bits per heavy atom. The highest BCUT2D eigenvalue weighted by atomic mass is 16.4. The molecule has 5 nitrogen and oxygen atoms in total. The topological polar surface area (TPSA) is 67.6 Å². The molecule has 0 aliphatic carbocycles. The first-order valence-electron chi connectivity index (χ1n) is 10.8. The highest BCUT2D eigenvalue weighted by Gasteiger charge is 2.17. The molecule has 0 bridgehead atoms. The zero-order chi connectivity index (χ0) is 23.4. The molecular formula is C26H37N3O2. The number of carbonyl (C=O) groups is 1. The van der Waals surface area contributed by atoms with Gasteiger partial charge < -0.3 is 14.9 Å². The van der Waals surface area contributed by atoms with Crippen LogP contribution in [-0.2, 0) is 4.79 Å². The van der Waals surface area contributed by atoms with Gasteiger partial charge in [-0.2, -0.15) is 5.26 Å². The lowest BCUT2D eigenvalue weighted by atomic mass is 9.89. The lowest BCUT2D eigenvalue weighted by molar-refractivity contribution is -0.132. The van der Waals surface area contributed by atoms with Crippen molar-refractivity contribution in [2.24, 2.45) is 5.92 Å². The van der Waals surface area contributed by atoms with E-state index in [9.17, 15) is 4.79 Å². The molecule has 5 heteroatoms. The quantitative estimate of drug-likeness (QED) is 0.485. The molecule has 1 fully saturated rings. The van der Waals surface area contributed by atoms with Crippen molar-refractivity contribution in [3.8, 4) is 6.07 Å². The van der Waals surface area contributed by atoms with Gasteiger partial charge in [-0.15, -0.1) is 0 Å². The Bertz CT molecular complexity index is 795. The number of piperidine rings is 1. The number of hydrogen-bond donors (Lipinski definition) is 1. The van der Waals surface area contributed by atoms with Gasteiger partial charge in [0, 0.05) is 0 Å². The van der Waals surface area contributed by atoms with Crippen LogP contribution in [0.3, 0.4) is 0 Å². The van der Waals surface area contributed by atoms with E-state index in [-0.39, 0.29) is 11.5 Å². The normalized spacial score (nSPS) is 16.1. The van der Waals surface area contributed by atoms with E-state index in [2.05, 4.69) is 48.2 Å². The van der Waals surface area contributed by atoms with Crippen molar-refractivity contribution >= 4 is 5.97 Å². The van der Waals surface area contributed by atoms with Gasteiger partial charge in [0.1, 0.15) is 0 Å². The molecule has 0 radical (unpaired) electrons. The summed E-state index contributed by atoms with van der Waals surface area (Å²) in [7, 11) is 6.20. The second kappa shape index (κ2) is 13.6. The SMILES string of the molecule is C=C/C(=C\C(=C)C(C)CCN(C)C)C(=O)O.CN1CCC(c2ccc(C#N)cc2)CC1. The highest BCUT2D eigenvalue weighted by Crippen LogP contribution is 2.27. The molecule has 2 rings (SSSR count). The van der Waals surface area contributed by atoms with Crippen molar-refractivity contribution in [2.45, 2.75) is 32.1 Å². The number of rotatable bonds is 8. The van der Waals surface area contributed by atoms with Gasteiger partial charge in [-0.25, -0.2) is 4.79 Å². The average molecular weight is 424 g/mol. The fourth-order valence-corrected chi connectivity index (χ4v) is 3.36. The minimum atomic E-state index is -0.962. The van der Waals surface area contributed by atoms with Crippen LogP contribution < -0.4 is 0 Å². The zero-order valence-electron chi connectivity index (χ0n) is 19.5. The number of nitrogens with zero attached hydrogens (tertiary/aromatic N) is 3. The van der Waals surface area contributed by atoms with Crippen LogP contribution in [0.4, 0.5) is 0 Å². The summed E-state index contributed by atoms with van der Waals surface area (Å²) in [6.07, 6.45) is 6.37. The van der Waals surface area contributed by atoms with Gasteiger partial charge >= 0.3 is 5.97 Å². The van der Waals surface area contributed by atoms with Crippen LogP contribution in [0.5, 0.6) is 0 Å². The largest absolute Gasteiger partial charge is 0.478 e. The van der Waals surface area contributed by atoms with Crippen molar-refractivity contribution in [2.75, 3.05) is 40.8 Å². The first kappa shape index (κ1) is 26.4. The Balaban J connectivity index is 0.000000310. The third-order valence-corrected chi connectivity index (χ3v) is 5.68. The summed E-state index contributed by atoms with van der Waals surface area (Å²) < 4.78 is 0. The summed E-state index contributed by atoms with van der Waals surface area (Å²) in [6, 6.07) is 10.2. The number of allylic oxidation sites excluding steroid dienone is 2. The Labute approximate surface area is 188 Å². The Morgan fingerprint density at radius 2 is 1.90 bits per heavy atom. The number of carboxylic acids is 1. The van der Waals surface area contributed by atoms with E-state index in [1.54, 1.807) is 6.08 Å². The second-order valence-electron chi connectivity index (χ2n) is 8.49. The summed E-state index contributed by atoms with van der Waals surface area (Å²) in [4.78, 5) is 15.2. The van der Waals surface area contributed by atoms with Gasteiger partial charge in [0.05, 0.1) is 17.2 Å². The molecule has 1 saturated heterocycles. The molecule has 0 spiro atoms. The van der Waals surface area contributed by atoms with E-state index in [4.69, 9.17) is 10.4 Å². The minimum Gasteiger partial charge on any atom is -0.478 e. The first-order valence-corrected chi connectivity index (χ1v) is 10.8. The van der Waals surface area contributed by atoms with Crippen molar-refractivity contribution < 1.29 is 9.90 Å². The lowest BCUT2D eigenvalue weighted by Gasteiger charge is -2.29. The van der Waals surface area contributed by atoms with Gasteiger partial charge in [0.25, 0.3) is 0 Å². The third-order valence-electron chi connectivity index (χ3n) is 5.68. The monoisotopic (exact) mass is 423 g/mol. The molecule has 1 aliphatic heterocycles. The van der Waals surface area contributed by atoms with Crippen molar-refractivity contribution in [3.05, 3.63) is 71.8 Å². The number of benzene rings is 1. The molecule has 1 aromatic rings. The summed E-state index contributed by atoms with van der Waals surface area (Å²) in [5.41, 5.74) is 3.18. The number of carboxylic acid groups (broad SMARTS) is 1. The predicted molar refractivity (Wildman–Crippen MR) is 128 cm³/mol. The molecule has 0 aromatic heterocycles. The van der Waals surface area contributed by atoms with Crippen molar-refractivity contribution in [3.63, 3.8) is 0 Å².